The molecule has 0 radical (unpaired) electrons. The van der Waals surface area contributed by atoms with Gasteiger partial charge in [-0.2, -0.15) is 0 Å². The normalized spacial score (nSPS) is 22.2. The molecule has 1 unspecified atom stereocenters. The average molecular weight is 460 g/mol. The first kappa shape index (κ1) is 20.5. The number of hydrogen-bond acceptors (Lipinski definition) is 6. The fraction of sp³-hybridized carbons (Fsp3) is 0.333. The van der Waals surface area contributed by atoms with Crippen LogP contribution in [0.4, 0.5) is 27.5 Å². The molecule has 174 valence electrons. The van der Waals surface area contributed by atoms with Crippen molar-refractivity contribution >= 4 is 46.5 Å². The quantitative estimate of drug-likeness (QED) is 0.593. The number of hydrogen-bond donors (Lipinski definition) is 3. The van der Waals surface area contributed by atoms with Gasteiger partial charge in [-0.1, -0.05) is 12.1 Å². The van der Waals surface area contributed by atoms with E-state index in [9.17, 15) is 19.2 Å². The second-order valence-electron chi connectivity index (χ2n) is 9.45. The van der Waals surface area contributed by atoms with Gasteiger partial charge in [0.1, 0.15) is 5.54 Å². The van der Waals surface area contributed by atoms with Crippen LogP contribution in [0, 0.1) is 6.92 Å². The van der Waals surface area contributed by atoms with Crippen molar-refractivity contribution in [3.63, 3.8) is 0 Å². The van der Waals surface area contributed by atoms with Crippen LogP contribution >= 0.6 is 0 Å². The largest absolute Gasteiger partial charge is 0.343 e. The predicted octanol–water partition coefficient (Wildman–Crippen LogP) is 1.19. The highest BCUT2D eigenvalue weighted by Gasteiger charge is 2.54. The van der Waals surface area contributed by atoms with E-state index in [0.717, 1.165) is 33.8 Å². The van der Waals surface area contributed by atoms with E-state index in [1.807, 2.05) is 47.1 Å². The maximum absolute atomic E-state index is 12.9. The summed E-state index contributed by atoms with van der Waals surface area (Å²) in [6.07, 6.45) is 0.872. The van der Waals surface area contributed by atoms with E-state index < -0.39 is 5.54 Å². The van der Waals surface area contributed by atoms with Crippen LogP contribution in [0.25, 0.3) is 0 Å². The number of fused-ring (bicyclic) bond motifs is 1. The predicted molar refractivity (Wildman–Crippen MR) is 126 cm³/mol. The number of carbonyl (C=O) groups is 4. The van der Waals surface area contributed by atoms with Gasteiger partial charge in [0.2, 0.25) is 11.8 Å². The molecule has 1 spiro atoms. The van der Waals surface area contributed by atoms with Crippen molar-refractivity contribution in [2.24, 2.45) is 0 Å². The summed E-state index contributed by atoms with van der Waals surface area (Å²) in [6, 6.07) is 9.17. The lowest BCUT2D eigenvalue weighted by Crippen LogP contribution is -2.48. The third-order valence-corrected chi connectivity index (χ3v) is 7.34. The van der Waals surface area contributed by atoms with Gasteiger partial charge in [0.25, 0.3) is 5.91 Å². The number of amides is 5. The number of nitrogens with zero attached hydrogens (tertiary/aromatic N) is 3. The molecule has 0 aromatic heterocycles. The van der Waals surface area contributed by atoms with Crippen LogP contribution in [0.5, 0.6) is 0 Å². The molecule has 0 bridgehead atoms. The van der Waals surface area contributed by atoms with Crippen molar-refractivity contribution < 1.29 is 19.2 Å². The van der Waals surface area contributed by atoms with Crippen LogP contribution < -0.4 is 25.8 Å². The molecular formula is C24H24N6O4. The molecule has 10 nitrogen and oxygen atoms in total. The molecule has 2 aromatic rings. The van der Waals surface area contributed by atoms with Crippen LogP contribution in [0.1, 0.15) is 16.7 Å². The van der Waals surface area contributed by atoms with E-state index >= 15 is 0 Å². The molecule has 34 heavy (non-hydrogen) atoms. The van der Waals surface area contributed by atoms with Crippen LogP contribution in [0.15, 0.2) is 30.3 Å². The molecule has 5 amide bonds. The van der Waals surface area contributed by atoms with Crippen molar-refractivity contribution in [3.05, 3.63) is 47.0 Å². The minimum atomic E-state index is -0.891. The Morgan fingerprint density at radius 1 is 1.09 bits per heavy atom. The number of benzene rings is 2. The van der Waals surface area contributed by atoms with Crippen LogP contribution in [-0.4, -0.2) is 61.0 Å². The number of anilines is 4. The summed E-state index contributed by atoms with van der Waals surface area (Å²) in [7, 11) is 1.64. The van der Waals surface area contributed by atoms with Gasteiger partial charge in [0.15, 0.2) is 0 Å². The molecule has 3 heterocycles. The van der Waals surface area contributed by atoms with Crippen LogP contribution in [-0.2, 0) is 27.2 Å². The van der Waals surface area contributed by atoms with Gasteiger partial charge in [-0.05, 0) is 41.8 Å². The first-order chi connectivity index (χ1) is 16.2. The summed E-state index contributed by atoms with van der Waals surface area (Å²) in [5.74, 6) is -0.510. The smallest absolute Gasteiger partial charge is 0.324 e. The van der Waals surface area contributed by atoms with E-state index in [2.05, 4.69) is 16.0 Å². The van der Waals surface area contributed by atoms with Crippen molar-refractivity contribution in [1.29, 1.82) is 0 Å². The van der Waals surface area contributed by atoms with Gasteiger partial charge in [-0.15, -0.1) is 0 Å². The van der Waals surface area contributed by atoms with E-state index in [1.54, 1.807) is 7.05 Å². The standard InChI is InChI=1S/C24H24N6O4/c1-13-3-6-17-21-20(13)26-19(32)11-30(21)12-29(17)10-18(31)25-16-5-4-14-8-24(9-15(14)7-16)22(33)27-23(34)28(24)2/h3-7H,8-12H2,1-2H3,(H,25,31)(H,26,32)(H,27,33,34). The molecular weight excluding hydrogens is 436 g/mol. The molecule has 6 rings (SSSR count). The molecule has 1 fully saturated rings. The van der Waals surface area contributed by atoms with Gasteiger partial charge in [-0.3, -0.25) is 19.7 Å². The van der Waals surface area contributed by atoms with Crippen LogP contribution in [0.3, 0.4) is 0 Å². The highest BCUT2D eigenvalue weighted by molar-refractivity contribution is 6.08. The molecule has 3 N–H and O–H groups in total. The van der Waals surface area contributed by atoms with Gasteiger partial charge in [-0.25, -0.2) is 4.79 Å². The minimum Gasteiger partial charge on any atom is -0.343 e. The summed E-state index contributed by atoms with van der Waals surface area (Å²) in [6.45, 7) is 2.82. The Balaban J connectivity index is 1.18. The van der Waals surface area contributed by atoms with E-state index in [0.29, 0.717) is 25.2 Å². The highest BCUT2D eigenvalue weighted by Crippen LogP contribution is 2.45. The third kappa shape index (κ3) is 2.87. The molecule has 10 heteroatoms. The maximum Gasteiger partial charge on any atom is 0.324 e. The average Bonchev–Trinajstić information content (AvgIpc) is 3.40. The number of imide groups is 1. The summed E-state index contributed by atoms with van der Waals surface area (Å²) in [5, 5.41) is 8.30. The fourth-order valence-electron chi connectivity index (χ4n) is 5.53. The fourth-order valence-corrected chi connectivity index (χ4v) is 5.53. The van der Waals surface area contributed by atoms with Gasteiger partial charge in [0.05, 0.1) is 36.8 Å². The Morgan fingerprint density at radius 3 is 2.65 bits per heavy atom. The Kier molecular flexibility index (Phi) is 4.20. The number of nitrogens with one attached hydrogen (secondary N) is 3. The molecule has 2 aromatic carbocycles. The molecule has 4 aliphatic rings. The number of carbonyl (C=O) groups excluding carboxylic acids is 4. The maximum atomic E-state index is 12.9. The van der Waals surface area contributed by atoms with Crippen molar-refractivity contribution in [2.45, 2.75) is 25.3 Å². The number of likely N-dealkylation sites (N-methyl/N-ethyl adjacent to an activating group) is 1. The molecule has 3 aliphatic heterocycles. The number of rotatable bonds is 3. The third-order valence-electron chi connectivity index (χ3n) is 7.34. The van der Waals surface area contributed by atoms with Crippen LogP contribution in [0.2, 0.25) is 0 Å². The summed E-state index contributed by atoms with van der Waals surface area (Å²) < 4.78 is 0. The molecule has 1 aliphatic carbocycles. The van der Waals surface area contributed by atoms with Gasteiger partial charge >= 0.3 is 6.03 Å². The van der Waals surface area contributed by atoms with E-state index in [-0.39, 0.29) is 36.8 Å². The lowest BCUT2D eigenvalue weighted by molar-refractivity contribution is -0.125. The Bertz CT molecular complexity index is 1310. The lowest BCUT2D eigenvalue weighted by atomic mass is 9.95. The highest BCUT2D eigenvalue weighted by atomic mass is 16.2. The number of urea groups is 1. The Morgan fingerprint density at radius 2 is 1.88 bits per heavy atom. The SMILES string of the molecule is Cc1ccc2c3c1NC(=O)CN3CN2CC(=O)Nc1ccc2c(c1)CC1(C2)C(=O)NC(=O)N1C. The summed E-state index contributed by atoms with van der Waals surface area (Å²) in [5.41, 5.74) is 5.38. The zero-order chi connectivity index (χ0) is 23.8. The minimum absolute atomic E-state index is 0.0572. The molecule has 0 saturated carbocycles. The zero-order valence-corrected chi connectivity index (χ0v) is 18.9. The lowest BCUT2D eigenvalue weighted by Gasteiger charge is -2.27. The van der Waals surface area contributed by atoms with E-state index in [4.69, 9.17) is 0 Å². The first-order valence-corrected chi connectivity index (χ1v) is 11.2. The Labute approximate surface area is 195 Å². The van der Waals surface area contributed by atoms with E-state index in [1.165, 1.54) is 4.90 Å². The molecule has 1 saturated heterocycles. The van der Waals surface area contributed by atoms with Crippen molar-refractivity contribution in [1.82, 2.24) is 10.2 Å². The molecule has 1 atom stereocenters. The Hall–Kier alpha value is -4.08. The second kappa shape index (κ2) is 6.96. The summed E-state index contributed by atoms with van der Waals surface area (Å²) in [4.78, 5) is 54.9. The van der Waals surface area contributed by atoms with Gasteiger partial charge in [0, 0.05) is 25.6 Å². The van der Waals surface area contributed by atoms with Crippen molar-refractivity contribution in [2.75, 3.05) is 47.2 Å². The zero-order valence-electron chi connectivity index (χ0n) is 18.9. The first-order valence-electron chi connectivity index (χ1n) is 11.2. The van der Waals surface area contributed by atoms with Gasteiger partial charge < -0.3 is 25.3 Å². The second-order valence-corrected chi connectivity index (χ2v) is 9.45. The topological polar surface area (TPSA) is 114 Å². The number of aryl methyl sites for hydroxylation is 1. The summed E-state index contributed by atoms with van der Waals surface area (Å²) >= 11 is 0. The van der Waals surface area contributed by atoms with Crippen molar-refractivity contribution in [3.8, 4) is 0 Å². The monoisotopic (exact) mass is 460 g/mol.